The number of aromatic nitrogens is 1. The molecule has 1 aromatic rings. The van der Waals surface area contributed by atoms with Gasteiger partial charge in [-0.15, -0.1) is 11.8 Å². The molecule has 0 aliphatic carbocycles. The molecular formula is C12H16N2. The van der Waals surface area contributed by atoms with Crippen molar-refractivity contribution in [3.05, 3.63) is 30.1 Å². The van der Waals surface area contributed by atoms with Crippen molar-refractivity contribution < 1.29 is 0 Å². The number of rotatable bonds is 4. The molecule has 0 aliphatic heterocycles. The van der Waals surface area contributed by atoms with Crippen molar-refractivity contribution in [2.24, 2.45) is 0 Å². The Bertz CT molecular complexity index is 308. The van der Waals surface area contributed by atoms with Crippen LogP contribution in [0.3, 0.4) is 0 Å². The summed E-state index contributed by atoms with van der Waals surface area (Å²) in [6.07, 6.45) is 2.72. The summed E-state index contributed by atoms with van der Waals surface area (Å²) in [5.74, 6) is 5.90. The van der Waals surface area contributed by atoms with E-state index in [1.807, 2.05) is 31.3 Å². The van der Waals surface area contributed by atoms with Crippen LogP contribution in [0.25, 0.3) is 0 Å². The second kappa shape index (κ2) is 6.17. The molecule has 1 rings (SSSR count). The van der Waals surface area contributed by atoms with Gasteiger partial charge < -0.3 is 5.32 Å². The Kier molecular flexibility index (Phi) is 4.74. The van der Waals surface area contributed by atoms with Gasteiger partial charge in [-0.3, -0.25) is 4.98 Å². The lowest BCUT2D eigenvalue weighted by molar-refractivity contribution is 0.570. The van der Waals surface area contributed by atoms with Crippen LogP contribution in [-0.4, -0.2) is 11.5 Å². The van der Waals surface area contributed by atoms with Crippen molar-refractivity contribution in [1.29, 1.82) is 0 Å². The van der Waals surface area contributed by atoms with E-state index in [-0.39, 0.29) is 0 Å². The van der Waals surface area contributed by atoms with Gasteiger partial charge in [0.05, 0.1) is 5.69 Å². The Morgan fingerprint density at radius 3 is 3.00 bits per heavy atom. The van der Waals surface area contributed by atoms with E-state index < -0.39 is 0 Å². The fourth-order valence-electron chi connectivity index (χ4n) is 1.21. The summed E-state index contributed by atoms with van der Waals surface area (Å²) in [4.78, 5) is 4.28. The van der Waals surface area contributed by atoms with Gasteiger partial charge >= 0.3 is 0 Å². The quantitative estimate of drug-likeness (QED) is 0.578. The normalized spacial score (nSPS) is 11.6. The average molecular weight is 188 g/mol. The molecule has 14 heavy (non-hydrogen) atoms. The zero-order valence-electron chi connectivity index (χ0n) is 8.75. The lowest BCUT2D eigenvalue weighted by Gasteiger charge is -2.11. The number of nitrogens with zero attached hydrogens (tertiary/aromatic N) is 1. The molecular weight excluding hydrogens is 172 g/mol. The van der Waals surface area contributed by atoms with Crippen molar-refractivity contribution in [2.75, 3.05) is 6.54 Å². The van der Waals surface area contributed by atoms with Gasteiger partial charge in [0.15, 0.2) is 0 Å². The van der Waals surface area contributed by atoms with Gasteiger partial charge in [-0.05, 0) is 26.0 Å². The lowest BCUT2D eigenvalue weighted by atomic mass is 10.2. The molecule has 0 bridgehead atoms. The Balaban J connectivity index is 2.34. The van der Waals surface area contributed by atoms with Crippen LogP contribution in [0, 0.1) is 11.8 Å². The summed E-state index contributed by atoms with van der Waals surface area (Å²) in [6.45, 7) is 4.89. The van der Waals surface area contributed by atoms with Crippen LogP contribution < -0.4 is 5.32 Å². The third kappa shape index (κ3) is 3.59. The minimum atomic E-state index is 0.301. The van der Waals surface area contributed by atoms with E-state index in [4.69, 9.17) is 0 Å². The number of nitrogens with one attached hydrogen (secondary N) is 1. The molecule has 74 valence electrons. The van der Waals surface area contributed by atoms with Crippen LogP contribution in [0.5, 0.6) is 0 Å². The maximum Gasteiger partial charge on any atom is 0.0570 e. The fourth-order valence-corrected chi connectivity index (χ4v) is 1.21. The van der Waals surface area contributed by atoms with Crippen LogP contribution in [0.2, 0.25) is 0 Å². The smallest absolute Gasteiger partial charge is 0.0570 e. The predicted octanol–water partition coefficient (Wildman–Crippen LogP) is 2.15. The highest BCUT2D eigenvalue weighted by Crippen LogP contribution is 2.06. The van der Waals surface area contributed by atoms with E-state index >= 15 is 0 Å². The molecule has 0 radical (unpaired) electrons. The van der Waals surface area contributed by atoms with Crippen LogP contribution in [0.1, 0.15) is 32.0 Å². The monoisotopic (exact) mass is 188 g/mol. The Labute approximate surface area is 85.8 Å². The number of hydrogen-bond acceptors (Lipinski definition) is 2. The second-order valence-corrected chi connectivity index (χ2v) is 3.11. The number of hydrogen-bond donors (Lipinski definition) is 1. The molecule has 1 atom stereocenters. The Morgan fingerprint density at radius 2 is 2.36 bits per heavy atom. The first-order chi connectivity index (χ1) is 6.84. The van der Waals surface area contributed by atoms with Crippen LogP contribution in [0.15, 0.2) is 24.4 Å². The van der Waals surface area contributed by atoms with Crippen molar-refractivity contribution >= 4 is 0 Å². The SMILES string of the molecule is CC#CCCNC(C)c1ccccn1. The molecule has 1 unspecified atom stereocenters. The molecule has 0 fully saturated rings. The first kappa shape index (κ1) is 10.7. The molecule has 2 heteroatoms. The van der Waals surface area contributed by atoms with Crippen molar-refractivity contribution in [3.63, 3.8) is 0 Å². The van der Waals surface area contributed by atoms with Crippen LogP contribution >= 0.6 is 0 Å². The van der Waals surface area contributed by atoms with E-state index in [0.717, 1.165) is 18.7 Å². The minimum absolute atomic E-state index is 0.301. The molecule has 1 aromatic heterocycles. The van der Waals surface area contributed by atoms with E-state index in [9.17, 15) is 0 Å². The maximum atomic E-state index is 4.28. The molecule has 0 saturated carbocycles. The minimum Gasteiger partial charge on any atom is -0.308 e. The Hall–Kier alpha value is -1.33. The van der Waals surface area contributed by atoms with Crippen LogP contribution in [0.4, 0.5) is 0 Å². The predicted molar refractivity (Wildman–Crippen MR) is 58.7 cm³/mol. The van der Waals surface area contributed by atoms with Crippen molar-refractivity contribution in [3.8, 4) is 11.8 Å². The van der Waals surface area contributed by atoms with Gasteiger partial charge in [0.2, 0.25) is 0 Å². The molecule has 0 saturated heterocycles. The van der Waals surface area contributed by atoms with Gasteiger partial charge in [0.1, 0.15) is 0 Å². The van der Waals surface area contributed by atoms with Gasteiger partial charge in [0, 0.05) is 25.2 Å². The highest BCUT2D eigenvalue weighted by atomic mass is 14.9. The highest BCUT2D eigenvalue weighted by molar-refractivity contribution is 5.07. The second-order valence-electron chi connectivity index (χ2n) is 3.11. The third-order valence-electron chi connectivity index (χ3n) is 2.01. The van der Waals surface area contributed by atoms with Crippen LogP contribution in [-0.2, 0) is 0 Å². The van der Waals surface area contributed by atoms with E-state index in [2.05, 4.69) is 29.1 Å². The standard InChI is InChI=1S/C12H16N2/c1-3-4-6-9-13-11(2)12-8-5-7-10-14-12/h5,7-8,10-11,13H,6,9H2,1-2H3. The summed E-state index contributed by atoms with van der Waals surface area (Å²) in [5.41, 5.74) is 1.08. The van der Waals surface area contributed by atoms with Gasteiger partial charge in [-0.25, -0.2) is 0 Å². The molecule has 0 aliphatic rings. The van der Waals surface area contributed by atoms with E-state index in [0.29, 0.717) is 6.04 Å². The van der Waals surface area contributed by atoms with Crippen molar-refractivity contribution in [2.45, 2.75) is 26.3 Å². The molecule has 0 aromatic carbocycles. The largest absolute Gasteiger partial charge is 0.308 e. The number of pyridine rings is 1. The zero-order chi connectivity index (χ0) is 10.2. The molecule has 1 heterocycles. The average Bonchev–Trinajstić information content (AvgIpc) is 2.25. The van der Waals surface area contributed by atoms with E-state index in [1.165, 1.54) is 0 Å². The van der Waals surface area contributed by atoms with Gasteiger partial charge in [-0.1, -0.05) is 6.07 Å². The summed E-state index contributed by atoms with van der Waals surface area (Å²) < 4.78 is 0. The van der Waals surface area contributed by atoms with E-state index in [1.54, 1.807) is 0 Å². The summed E-state index contributed by atoms with van der Waals surface area (Å²) >= 11 is 0. The highest BCUT2D eigenvalue weighted by Gasteiger charge is 2.03. The molecule has 0 spiro atoms. The molecule has 0 amide bonds. The summed E-state index contributed by atoms with van der Waals surface area (Å²) in [5, 5.41) is 3.37. The molecule has 1 N–H and O–H groups in total. The first-order valence-corrected chi connectivity index (χ1v) is 4.88. The Morgan fingerprint density at radius 1 is 1.50 bits per heavy atom. The zero-order valence-corrected chi connectivity index (χ0v) is 8.75. The van der Waals surface area contributed by atoms with Gasteiger partial charge in [0.25, 0.3) is 0 Å². The van der Waals surface area contributed by atoms with Gasteiger partial charge in [-0.2, -0.15) is 0 Å². The lowest BCUT2D eigenvalue weighted by Crippen LogP contribution is -2.20. The summed E-state index contributed by atoms with van der Waals surface area (Å²) in [7, 11) is 0. The maximum absolute atomic E-state index is 4.28. The first-order valence-electron chi connectivity index (χ1n) is 4.88. The molecule has 2 nitrogen and oxygen atoms in total. The third-order valence-corrected chi connectivity index (χ3v) is 2.01. The fraction of sp³-hybridized carbons (Fsp3) is 0.417. The van der Waals surface area contributed by atoms with Crippen molar-refractivity contribution in [1.82, 2.24) is 10.3 Å². The summed E-state index contributed by atoms with van der Waals surface area (Å²) in [6, 6.07) is 6.27. The topological polar surface area (TPSA) is 24.9 Å².